The number of likely N-dealkylation sites (tertiary alicyclic amines) is 1. The minimum Gasteiger partial charge on any atom is -0.364 e. The molecule has 0 spiro atoms. The van der Waals surface area contributed by atoms with Gasteiger partial charge >= 0.3 is 0 Å². The highest BCUT2D eigenvalue weighted by molar-refractivity contribution is 5.85. The molecule has 128 valence electrons. The van der Waals surface area contributed by atoms with Gasteiger partial charge in [-0.25, -0.2) is 0 Å². The second-order valence-electron chi connectivity index (χ2n) is 5.90. The van der Waals surface area contributed by atoms with E-state index in [-0.39, 0.29) is 36.4 Å². The molecule has 7 heteroatoms. The first-order chi connectivity index (χ1) is 10.2. The van der Waals surface area contributed by atoms with E-state index in [0.29, 0.717) is 19.5 Å². The fourth-order valence-corrected chi connectivity index (χ4v) is 2.94. The van der Waals surface area contributed by atoms with Crippen LogP contribution in [0.25, 0.3) is 0 Å². The van der Waals surface area contributed by atoms with E-state index < -0.39 is 0 Å². The number of rotatable bonds is 6. The maximum Gasteiger partial charge on any atom is 0.249 e. The molecule has 2 aliphatic rings. The van der Waals surface area contributed by atoms with E-state index in [0.717, 1.165) is 51.6 Å². The Labute approximate surface area is 138 Å². The largest absolute Gasteiger partial charge is 0.364 e. The van der Waals surface area contributed by atoms with Crippen LogP contribution in [0.1, 0.15) is 44.9 Å². The molecule has 0 aromatic rings. The Kier molecular flexibility index (Phi) is 8.75. The molecular formula is C15H28ClN3O3. The van der Waals surface area contributed by atoms with Crippen molar-refractivity contribution in [1.82, 2.24) is 10.2 Å². The molecule has 0 radical (unpaired) electrons. The van der Waals surface area contributed by atoms with Gasteiger partial charge in [0.2, 0.25) is 11.8 Å². The minimum atomic E-state index is -0.349. The van der Waals surface area contributed by atoms with Crippen molar-refractivity contribution < 1.29 is 14.3 Å². The number of carbonyl (C=O) groups is 2. The molecule has 2 atom stereocenters. The summed E-state index contributed by atoms with van der Waals surface area (Å²) in [5, 5.41) is 2.90. The summed E-state index contributed by atoms with van der Waals surface area (Å²) in [6.07, 6.45) is 5.99. The molecule has 0 aromatic heterocycles. The molecule has 0 unspecified atom stereocenters. The van der Waals surface area contributed by atoms with Crippen molar-refractivity contribution >= 4 is 24.2 Å². The van der Waals surface area contributed by atoms with E-state index in [4.69, 9.17) is 10.5 Å². The molecule has 0 aliphatic carbocycles. The van der Waals surface area contributed by atoms with Crippen molar-refractivity contribution in [3.05, 3.63) is 0 Å². The van der Waals surface area contributed by atoms with E-state index in [2.05, 4.69) is 5.32 Å². The number of nitrogens with two attached hydrogens (primary N) is 1. The lowest BCUT2D eigenvalue weighted by molar-refractivity contribution is -0.131. The number of halogens is 1. The number of hydrogen-bond donors (Lipinski definition) is 2. The van der Waals surface area contributed by atoms with Crippen LogP contribution < -0.4 is 11.1 Å². The van der Waals surface area contributed by atoms with Crippen LogP contribution in [-0.4, -0.2) is 55.1 Å². The van der Waals surface area contributed by atoms with Gasteiger partial charge < -0.3 is 20.7 Å². The smallest absolute Gasteiger partial charge is 0.249 e. The van der Waals surface area contributed by atoms with E-state index in [1.165, 1.54) is 0 Å². The third-order valence-corrected chi connectivity index (χ3v) is 4.24. The number of carbonyl (C=O) groups excluding carboxylic acids is 2. The Morgan fingerprint density at radius 2 is 2.14 bits per heavy atom. The number of nitrogens with zero attached hydrogens (tertiary/aromatic N) is 1. The Bertz CT molecular complexity index is 368. The monoisotopic (exact) mass is 333 g/mol. The molecule has 0 bridgehead atoms. The molecule has 3 N–H and O–H groups in total. The van der Waals surface area contributed by atoms with Gasteiger partial charge in [0.1, 0.15) is 6.10 Å². The van der Waals surface area contributed by atoms with Gasteiger partial charge in [0.05, 0.1) is 6.10 Å². The van der Waals surface area contributed by atoms with Gasteiger partial charge in [-0.1, -0.05) is 6.42 Å². The highest BCUT2D eigenvalue weighted by atomic mass is 35.5. The second-order valence-corrected chi connectivity index (χ2v) is 5.90. The highest BCUT2D eigenvalue weighted by Crippen LogP contribution is 2.18. The Morgan fingerprint density at radius 1 is 1.32 bits per heavy atom. The van der Waals surface area contributed by atoms with Gasteiger partial charge in [0, 0.05) is 32.6 Å². The molecule has 2 fully saturated rings. The van der Waals surface area contributed by atoms with Gasteiger partial charge in [0.15, 0.2) is 0 Å². The molecule has 2 aliphatic heterocycles. The normalized spacial score (nSPS) is 25.5. The Balaban J connectivity index is 0.00000242. The first kappa shape index (κ1) is 19.2. The fourth-order valence-electron chi connectivity index (χ4n) is 2.94. The maximum atomic E-state index is 11.9. The van der Waals surface area contributed by atoms with Gasteiger partial charge in [-0.2, -0.15) is 0 Å². The summed E-state index contributed by atoms with van der Waals surface area (Å²) in [4.78, 5) is 25.7. The van der Waals surface area contributed by atoms with Crippen LogP contribution in [0.4, 0.5) is 0 Å². The summed E-state index contributed by atoms with van der Waals surface area (Å²) >= 11 is 0. The molecule has 6 nitrogen and oxygen atoms in total. The van der Waals surface area contributed by atoms with Crippen LogP contribution in [0.5, 0.6) is 0 Å². The van der Waals surface area contributed by atoms with E-state index >= 15 is 0 Å². The van der Waals surface area contributed by atoms with Gasteiger partial charge in [-0.05, 0) is 32.1 Å². The summed E-state index contributed by atoms with van der Waals surface area (Å²) in [5.41, 5.74) is 5.53. The quantitative estimate of drug-likeness (QED) is 0.705. The summed E-state index contributed by atoms with van der Waals surface area (Å²) < 4.78 is 5.55. The molecule has 22 heavy (non-hydrogen) atoms. The predicted octanol–water partition coefficient (Wildman–Crippen LogP) is 0.823. The summed E-state index contributed by atoms with van der Waals surface area (Å²) in [6.45, 7) is 2.66. The average Bonchev–Trinajstić information content (AvgIpc) is 2.88. The standard InChI is InChI=1S/C15H27N3O3.ClH/c16-11-12-6-7-13(21-12)15(20)17-8-4-10-18-9-3-1-2-5-14(18)19;/h12-13H,1-11,16H2,(H,17,20);1H/t12-,13+;/m1./s1. The zero-order valence-electron chi connectivity index (χ0n) is 13.1. The van der Waals surface area contributed by atoms with Gasteiger partial charge in [-0.15, -0.1) is 12.4 Å². The van der Waals surface area contributed by atoms with Crippen molar-refractivity contribution in [2.45, 2.75) is 57.2 Å². The maximum absolute atomic E-state index is 11.9. The van der Waals surface area contributed by atoms with Crippen LogP contribution in [0, 0.1) is 0 Å². The summed E-state index contributed by atoms with van der Waals surface area (Å²) in [6, 6.07) is 0. The highest BCUT2D eigenvalue weighted by Gasteiger charge is 2.29. The predicted molar refractivity (Wildman–Crippen MR) is 86.9 cm³/mol. The first-order valence-corrected chi connectivity index (χ1v) is 8.11. The molecular weight excluding hydrogens is 306 g/mol. The first-order valence-electron chi connectivity index (χ1n) is 8.11. The van der Waals surface area contributed by atoms with Crippen molar-refractivity contribution in [1.29, 1.82) is 0 Å². The molecule has 0 aromatic carbocycles. The van der Waals surface area contributed by atoms with Crippen LogP contribution in [0.2, 0.25) is 0 Å². The van der Waals surface area contributed by atoms with E-state index in [9.17, 15) is 9.59 Å². The van der Waals surface area contributed by atoms with Crippen molar-refractivity contribution in [3.63, 3.8) is 0 Å². The van der Waals surface area contributed by atoms with Gasteiger partial charge in [-0.3, -0.25) is 9.59 Å². The van der Waals surface area contributed by atoms with Crippen LogP contribution >= 0.6 is 12.4 Å². The average molecular weight is 334 g/mol. The van der Waals surface area contributed by atoms with Crippen LogP contribution in [0.15, 0.2) is 0 Å². The van der Waals surface area contributed by atoms with Crippen LogP contribution in [-0.2, 0) is 14.3 Å². The lowest BCUT2D eigenvalue weighted by Gasteiger charge is -2.20. The zero-order chi connectivity index (χ0) is 15.1. The van der Waals surface area contributed by atoms with E-state index in [1.807, 2.05) is 4.90 Å². The lowest BCUT2D eigenvalue weighted by Crippen LogP contribution is -2.38. The fraction of sp³-hybridized carbons (Fsp3) is 0.867. The Morgan fingerprint density at radius 3 is 2.86 bits per heavy atom. The molecule has 2 amide bonds. The van der Waals surface area contributed by atoms with E-state index in [1.54, 1.807) is 0 Å². The van der Waals surface area contributed by atoms with Crippen molar-refractivity contribution in [2.24, 2.45) is 5.73 Å². The molecule has 2 rings (SSSR count). The summed E-state index contributed by atoms with van der Waals surface area (Å²) in [5.74, 6) is 0.205. The second kappa shape index (κ2) is 10.0. The van der Waals surface area contributed by atoms with Crippen LogP contribution in [0.3, 0.4) is 0 Å². The Hall–Kier alpha value is -0.850. The molecule has 0 saturated carbocycles. The number of hydrogen-bond acceptors (Lipinski definition) is 4. The third-order valence-electron chi connectivity index (χ3n) is 4.24. The molecule has 2 saturated heterocycles. The number of amides is 2. The van der Waals surface area contributed by atoms with Gasteiger partial charge in [0.25, 0.3) is 0 Å². The number of ether oxygens (including phenoxy) is 1. The summed E-state index contributed by atoms with van der Waals surface area (Å²) in [7, 11) is 0. The number of nitrogens with one attached hydrogen (secondary N) is 1. The SMILES string of the molecule is Cl.NC[C@H]1CC[C@@H](C(=O)NCCCN2CCCCCC2=O)O1. The lowest BCUT2D eigenvalue weighted by atomic mass is 10.2. The molecule has 2 heterocycles. The third kappa shape index (κ3) is 5.74. The van der Waals surface area contributed by atoms with Crippen molar-refractivity contribution in [3.8, 4) is 0 Å². The topological polar surface area (TPSA) is 84.7 Å². The zero-order valence-corrected chi connectivity index (χ0v) is 13.9. The van der Waals surface area contributed by atoms with Crippen molar-refractivity contribution in [2.75, 3.05) is 26.2 Å². The minimum absolute atomic E-state index is 0.